The Labute approximate surface area is 98.5 Å². The molecule has 0 heterocycles. The Morgan fingerprint density at radius 3 is 2.73 bits per heavy atom. The summed E-state index contributed by atoms with van der Waals surface area (Å²) in [4.78, 5) is 0. The Bertz CT molecular complexity index is 381. The summed E-state index contributed by atoms with van der Waals surface area (Å²) in [6, 6.07) is 3.29. The SMILES string of the molecule is CC(C)=CCNc1cc(Br)c(F)cc1C. The number of allylic oxidation sites excluding steroid dienone is 1. The second-order valence-electron chi connectivity index (χ2n) is 3.74. The fourth-order valence-electron chi connectivity index (χ4n) is 1.20. The van der Waals surface area contributed by atoms with Crippen LogP contribution >= 0.6 is 15.9 Å². The molecule has 15 heavy (non-hydrogen) atoms. The molecule has 0 amide bonds. The fourth-order valence-corrected chi connectivity index (χ4v) is 1.55. The van der Waals surface area contributed by atoms with Crippen LogP contribution in [-0.2, 0) is 0 Å². The molecule has 1 N–H and O–H groups in total. The third kappa shape index (κ3) is 3.67. The molecule has 1 rings (SSSR count). The Kier molecular flexibility index (Phi) is 4.33. The first-order valence-electron chi connectivity index (χ1n) is 4.83. The lowest BCUT2D eigenvalue weighted by Gasteiger charge is -2.09. The molecule has 0 atom stereocenters. The molecule has 0 fully saturated rings. The molecule has 0 aliphatic rings. The van der Waals surface area contributed by atoms with Crippen molar-refractivity contribution in [1.29, 1.82) is 0 Å². The van der Waals surface area contributed by atoms with Gasteiger partial charge in [0.25, 0.3) is 0 Å². The Morgan fingerprint density at radius 2 is 2.13 bits per heavy atom. The number of hydrogen-bond acceptors (Lipinski definition) is 1. The van der Waals surface area contributed by atoms with Crippen LogP contribution in [0.5, 0.6) is 0 Å². The minimum absolute atomic E-state index is 0.222. The van der Waals surface area contributed by atoms with Crippen molar-refractivity contribution in [3.63, 3.8) is 0 Å². The number of nitrogens with one attached hydrogen (secondary N) is 1. The van der Waals surface area contributed by atoms with Crippen molar-refractivity contribution in [2.24, 2.45) is 0 Å². The first kappa shape index (κ1) is 12.2. The maximum absolute atomic E-state index is 13.1. The zero-order valence-electron chi connectivity index (χ0n) is 9.20. The zero-order chi connectivity index (χ0) is 11.4. The summed E-state index contributed by atoms with van der Waals surface area (Å²) in [5.41, 5.74) is 3.14. The molecule has 0 saturated heterocycles. The van der Waals surface area contributed by atoms with E-state index in [4.69, 9.17) is 0 Å². The van der Waals surface area contributed by atoms with Crippen molar-refractivity contribution < 1.29 is 4.39 Å². The average Bonchev–Trinajstić information content (AvgIpc) is 2.13. The molecule has 0 aliphatic heterocycles. The van der Waals surface area contributed by atoms with Crippen molar-refractivity contribution in [1.82, 2.24) is 0 Å². The highest BCUT2D eigenvalue weighted by atomic mass is 79.9. The van der Waals surface area contributed by atoms with Crippen molar-refractivity contribution in [2.75, 3.05) is 11.9 Å². The summed E-state index contributed by atoms with van der Waals surface area (Å²) in [6.45, 7) is 6.76. The summed E-state index contributed by atoms with van der Waals surface area (Å²) in [7, 11) is 0. The van der Waals surface area contributed by atoms with Crippen LogP contribution in [0.3, 0.4) is 0 Å². The van der Waals surface area contributed by atoms with E-state index >= 15 is 0 Å². The Morgan fingerprint density at radius 1 is 1.47 bits per heavy atom. The lowest BCUT2D eigenvalue weighted by molar-refractivity contribution is 0.620. The molecular formula is C12H15BrFN. The molecule has 0 bridgehead atoms. The van der Waals surface area contributed by atoms with E-state index in [0.29, 0.717) is 4.47 Å². The van der Waals surface area contributed by atoms with Crippen molar-refractivity contribution in [3.8, 4) is 0 Å². The molecule has 82 valence electrons. The molecule has 0 spiro atoms. The van der Waals surface area contributed by atoms with Crippen molar-refractivity contribution in [2.45, 2.75) is 20.8 Å². The zero-order valence-corrected chi connectivity index (χ0v) is 10.8. The van der Waals surface area contributed by atoms with Crippen LogP contribution in [0, 0.1) is 12.7 Å². The predicted octanol–water partition coefficient (Wildman–Crippen LogP) is 4.27. The normalized spacial score (nSPS) is 9.93. The van der Waals surface area contributed by atoms with E-state index < -0.39 is 0 Å². The van der Waals surface area contributed by atoms with Crippen molar-refractivity contribution in [3.05, 3.63) is 39.6 Å². The largest absolute Gasteiger partial charge is 0.381 e. The van der Waals surface area contributed by atoms with E-state index in [0.717, 1.165) is 17.8 Å². The van der Waals surface area contributed by atoms with E-state index in [1.54, 1.807) is 6.07 Å². The highest BCUT2D eigenvalue weighted by Gasteiger charge is 2.03. The first-order chi connectivity index (χ1) is 7.00. The summed E-state index contributed by atoms with van der Waals surface area (Å²) in [5, 5.41) is 3.24. The number of hydrogen-bond donors (Lipinski definition) is 1. The van der Waals surface area contributed by atoms with Gasteiger partial charge in [-0.2, -0.15) is 0 Å². The molecule has 0 saturated carbocycles. The number of rotatable bonds is 3. The lowest BCUT2D eigenvalue weighted by atomic mass is 10.2. The van der Waals surface area contributed by atoms with Crippen LogP contribution < -0.4 is 5.32 Å². The molecule has 0 aromatic heterocycles. The van der Waals surface area contributed by atoms with Gasteiger partial charge < -0.3 is 5.32 Å². The van der Waals surface area contributed by atoms with Gasteiger partial charge in [0.2, 0.25) is 0 Å². The third-order valence-electron chi connectivity index (χ3n) is 2.07. The molecule has 0 radical (unpaired) electrons. The number of anilines is 1. The minimum atomic E-state index is -0.222. The van der Waals surface area contributed by atoms with Crippen molar-refractivity contribution >= 4 is 21.6 Å². The van der Waals surface area contributed by atoms with E-state index in [1.165, 1.54) is 11.6 Å². The molecule has 3 heteroatoms. The predicted molar refractivity (Wildman–Crippen MR) is 66.8 cm³/mol. The number of benzene rings is 1. The van der Waals surface area contributed by atoms with Gasteiger partial charge in [-0.05, 0) is 54.4 Å². The van der Waals surface area contributed by atoms with Gasteiger partial charge in [0, 0.05) is 12.2 Å². The molecular weight excluding hydrogens is 257 g/mol. The van der Waals surface area contributed by atoms with E-state index in [1.807, 2.05) is 6.92 Å². The summed E-state index contributed by atoms with van der Waals surface area (Å²) in [6.07, 6.45) is 2.09. The quantitative estimate of drug-likeness (QED) is 0.810. The van der Waals surface area contributed by atoms with Crippen LogP contribution in [0.25, 0.3) is 0 Å². The van der Waals surface area contributed by atoms with Crippen LogP contribution in [0.4, 0.5) is 10.1 Å². The van der Waals surface area contributed by atoms with Gasteiger partial charge in [-0.15, -0.1) is 0 Å². The Hall–Kier alpha value is -0.830. The van der Waals surface area contributed by atoms with Gasteiger partial charge in [0.15, 0.2) is 0 Å². The van der Waals surface area contributed by atoms with Gasteiger partial charge in [-0.3, -0.25) is 0 Å². The monoisotopic (exact) mass is 271 g/mol. The van der Waals surface area contributed by atoms with Gasteiger partial charge in [0.1, 0.15) is 5.82 Å². The standard InChI is InChI=1S/C12H15BrFN/c1-8(2)4-5-15-12-7-10(13)11(14)6-9(12)3/h4,6-7,15H,5H2,1-3H3. The van der Waals surface area contributed by atoms with E-state index in [-0.39, 0.29) is 5.82 Å². The number of aryl methyl sites for hydroxylation is 1. The molecule has 0 unspecified atom stereocenters. The molecule has 0 aliphatic carbocycles. The van der Waals surface area contributed by atoms with Gasteiger partial charge in [0.05, 0.1) is 4.47 Å². The van der Waals surface area contributed by atoms with Gasteiger partial charge in [-0.25, -0.2) is 4.39 Å². The minimum Gasteiger partial charge on any atom is -0.381 e. The first-order valence-corrected chi connectivity index (χ1v) is 5.63. The molecule has 1 aromatic rings. The van der Waals surface area contributed by atoms with E-state index in [9.17, 15) is 4.39 Å². The van der Waals surface area contributed by atoms with E-state index in [2.05, 4.69) is 41.2 Å². The van der Waals surface area contributed by atoms with Gasteiger partial charge >= 0.3 is 0 Å². The van der Waals surface area contributed by atoms with Gasteiger partial charge in [-0.1, -0.05) is 11.6 Å². The average molecular weight is 272 g/mol. The second-order valence-corrected chi connectivity index (χ2v) is 4.60. The van der Waals surface area contributed by atoms with Crippen LogP contribution in [0.2, 0.25) is 0 Å². The highest BCUT2D eigenvalue weighted by Crippen LogP contribution is 2.23. The van der Waals surface area contributed by atoms with Crippen LogP contribution in [0.15, 0.2) is 28.3 Å². The Balaban J connectivity index is 2.77. The highest BCUT2D eigenvalue weighted by molar-refractivity contribution is 9.10. The maximum Gasteiger partial charge on any atom is 0.137 e. The summed E-state index contributed by atoms with van der Waals surface area (Å²) < 4.78 is 13.6. The smallest absolute Gasteiger partial charge is 0.137 e. The summed E-state index contributed by atoms with van der Waals surface area (Å²) in [5.74, 6) is -0.222. The molecule has 1 aromatic carbocycles. The molecule has 1 nitrogen and oxygen atoms in total. The van der Waals surface area contributed by atoms with Crippen LogP contribution in [0.1, 0.15) is 19.4 Å². The maximum atomic E-state index is 13.1. The fraction of sp³-hybridized carbons (Fsp3) is 0.333. The summed E-state index contributed by atoms with van der Waals surface area (Å²) >= 11 is 3.17. The number of halogens is 2. The van der Waals surface area contributed by atoms with Crippen LogP contribution in [-0.4, -0.2) is 6.54 Å². The lowest BCUT2D eigenvalue weighted by Crippen LogP contribution is -2.01. The third-order valence-corrected chi connectivity index (χ3v) is 2.68. The second kappa shape index (κ2) is 5.31. The topological polar surface area (TPSA) is 12.0 Å².